The number of amides is 7. The molecule has 22 nitrogen and oxygen atoms in total. The average Bonchev–Trinajstić information content (AvgIpc) is 4.17. The van der Waals surface area contributed by atoms with Gasteiger partial charge in [0, 0.05) is 90.1 Å². The molecule has 2 atom stereocenters. The second-order valence-corrected chi connectivity index (χ2v) is 17.8. The van der Waals surface area contributed by atoms with Gasteiger partial charge in [0.1, 0.15) is 11.4 Å². The highest BCUT2D eigenvalue weighted by Gasteiger charge is 2.34. The number of ether oxygens (including phenoxy) is 4. The number of anilines is 2. The van der Waals surface area contributed by atoms with E-state index in [9.17, 15) is 33.6 Å². The van der Waals surface area contributed by atoms with Crippen LogP contribution >= 0.6 is 0 Å². The highest BCUT2D eigenvalue weighted by Crippen LogP contribution is 2.40. The molecule has 0 radical (unpaired) electrons. The fourth-order valence-corrected chi connectivity index (χ4v) is 9.01. The van der Waals surface area contributed by atoms with Crippen LogP contribution in [0.25, 0.3) is 0 Å². The van der Waals surface area contributed by atoms with Gasteiger partial charge in [0.2, 0.25) is 17.7 Å². The van der Waals surface area contributed by atoms with Gasteiger partial charge in [-0.1, -0.05) is 0 Å². The number of rotatable bonds is 21. The highest BCUT2D eigenvalue weighted by atomic mass is 16.5. The van der Waals surface area contributed by atoms with Crippen LogP contribution in [0.1, 0.15) is 93.1 Å². The third-order valence-electron chi connectivity index (χ3n) is 12.7. The molecule has 0 saturated carbocycles. The topological polar surface area (TPSA) is 258 Å². The number of benzene rings is 2. The fourth-order valence-electron chi connectivity index (χ4n) is 9.01. The van der Waals surface area contributed by atoms with Crippen molar-refractivity contribution in [1.29, 1.82) is 0 Å². The SMILES string of the molecule is COc1cc2c(cc1OCCCC(=O)NCCNC(=O)CNC(=O)c1cc(NC(=O)c3cc(NC(=O)CCCOc4cc5c(cc4OC)C(=O)N4CCC[C@@H]4C=N5)cn3C)cn1C)N=C[C@H]1CCCN1C2=O. The number of nitrogens with zero attached hydrogens (tertiary/aromatic N) is 6. The van der Waals surface area contributed by atoms with Crippen LogP contribution in [0.2, 0.25) is 0 Å². The lowest BCUT2D eigenvalue weighted by molar-refractivity contribution is -0.122. The Bertz CT molecular complexity index is 2820. The van der Waals surface area contributed by atoms with E-state index in [2.05, 4.69) is 36.6 Å². The summed E-state index contributed by atoms with van der Waals surface area (Å²) in [7, 11) is 6.28. The molecule has 4 aromatic rings. The summed E-state index contributed by atoms with van der Waals surface area (Å²) in [5.41, 5.74) is 3.12. The normalized spacial score (nSPS) is 16.4. The van der Waals surface area contributed by atoms with E-state index < -0.39 is 17.7 Å². The third kappa shape index (κ3) is 11.7. The van der Waals surface area contributed by atoms with Gasteiger partial charge in [-0.05, 0) is 62.8 Å². The van der Waals surface area contributed by atoms with E-state index in [1.54, 1.807) is 67.8 Å². The maximum Gasteiger partial charge on any atom is 0.272 e. The molecule has 8 rings (SSSR count). The maximum atomic E-state index is 13.3. The van der Waals surface area contributed by atoms with Gasteiger partial charge in [-0.15, -0.1) is 0 Å². The second kappa shape index (κ2) is 22.7. The number of fused-ring (bicyclic) bond motifs is 4. The van der Waals surface area contributed by atoms with Crippen LogP contribution in [0, 0.1) is 0 Å². The van der Waals surface area contributed by atoms with Crippen molar-refractivity contribution in [2.24, 2.45) is 24.1 Å². The summed E-state index contributed by atoms with van der Waals surface area (Å²) in [6.45, 7) is 1.76. The van der Waals surface area contributed by atoms with E-state index in [1.165, 1.54) is 30.9 Å². The van der Waals surface area contributed by atoms with Crippen molar-refractivity contribution < 1.29 is 52.5 Å². The van der Waals surface area contributed by atoms with E-state index in [-0.39, 0.29) is 92.8 Å². The van der Waals surface area contributed by atoms with E-state index in [0.717, 1.165) is 25.7 Å². The molecule has 0 unspecified atom stereocenters. The highest BCUT2D eigenvalue weighted by molar-refractivity contribution is 6.06. The minimum absolute atomic E-state index is 0.0165. The Morgan fingerprint density at radius 3 is 1.61 bits per heavy atom. The predicted molar refractivity (Wildman–Crippen MR) is 266 cm³/mol. The lowest BCUT2D eigenvalue weighted by Crippen LogP contribution is -2.40. The van der Waals surface area contributed by atoms with Crippen LogP contribution in [-0.4, -0.2) is 145 Å². The maximum absolute atomic E-state index is 13.3. The monoisotopic (exact) mass is 989 g/mol. The van der Waals surface area contributed by atoms with Crippen LogP contribution in [0.15, 0.2) is 58.8 Å². The summed E-state index contributed by atoms with van der Waals surface area (Å²) in [5.74, 6) is -0.543. The Hall–Kier alpha value is -8.17. The van der Waals surface area contributed by atoms with Gasteiger partial charge in [-0.2, -0.15) is 0 Å². The van der Waals surface area contributed by atoms with Crippen LogP contribution < -0.4 is 45.5 Å². The number of nitrogens with one attached hydrogen (secondary N) is 5. The molecule has 2 fully saturated rings. The van der Waals surface area contributed by atoms with E-state index in [4.69, 9.17) is 18.9 Å². The first-order valence-corrected chi connectivity index (χ1v) is 24.0. The van der Waals surface area contributed by atoms with Gasteiger partial charge in [-0.3, -0.25) is 43.5 Å². The summed E-state index contributed by atoms with van der Waals surface area (Å²) in [5, 5.41) is 13.5. The number of hydrogen-bond acceptors (Lipinski definition) is 13. The molecule has 4 aliphatic rings. The molecule has 2 saturated heterocycles. The minimum atomic E-state index is -0.550. The van der Waals surface area contributed by atoms with Gasteiger partial charge in [0.15, 0.2) is 23.0 Å². The zero-order chi connectivity index (χ0) is 50.9. The fraction of sp³-hybridized carbons (Fsp3) is 0.420. The van der Waals surface area contributed by atoms with Crippen molar-refractivity contribution in [3.8, 4) is 23.0 Å². The number of carbonyl (C=O) groups excluding carboxylic acids is 7. The van der Waals surface area contributed by atoms with Crippen molar-refractivity contribution in [3.05, 3.63) is 71.3 Å². The van der Waals surface area contributed by atoms with Crippen molar-refractivity contribution >= 4 is 76.5 Å². The largest absolute Gasteiger partial charge is 0.493 e. The number of hydrogen-bond donors (Lipinski definition) is 5. The molecule has 2 aromatic carbocycles. The molecule has 4 aliphatic heterocycles. The molecule has 5 N–H and O–H groups in total. The molecule has 0 spiro atoms. The zero-order valence-corrected chi connectivity index (χ0v) is 40.7. The Balaban J connectivity index is 0.707. The molecule has 72 heavy (non-hydrogen) atoms. The molecule has 2 aromatic heterocycles. The molecule has 7 amide bonds. The lowest BCUT2D eigenvalue weighted by Gasteiger charge is -2.20. The molecule has 6 heterocycles. The molecule has 0 aliphatic carbocycles. The molecule has 0 bridgehead atoms. The molecule has 22 heteroatoms. The average molecular weight is 990 g/mol. The van der Waals surface area contributed by atoms with Gasteiger partial charge in [-0.25, -0.2) is 0 Å². The lowest BCUT2D eigenvalue weighted by atomic mass is 10.1. The zero-order valence-electron chi connectivity index (χ0n) is 40.7. The number of carbonyl (C=O) groups is 7. The van der Waals surface area contributed by atoms with E-state index >= 15 is 0 Å². The smallest absolute Gasteiger partial charge is 0.272 e. The summed E-state index contributed by atoms with van der Waals surface area (Å²) in [4.78, 5) is 103. The van der Waals surface area contributed by atoms with Gasteiger partial charge < -0.3 is 64.5 Å². The van der Waals surface area contributed by atoms with Crippen LogP contribution in [0.5, 0.6) is 23.0 Å². The predicted octanol–water partition coefficient (Wildman–Crippen LogP) is 3.89. The summed E-state index contributed by atoms with van der Waals surface area (Å²) in [6.07, 6.45) is 11.5. The van der Waals surface area contributed by atoms with Crippen LogP contribution in [0.3, 0.4) is 0 Å². The van der Waals surface area contributed by atoms with Crippen molar-refractivity contribution in [2.75, 3.05) is 70.8 Å². The minimum Gasteiger partial charge on any atom is -0.493 e. The quantitative estimate of drug-likeness (QED) is 0.0749. The summed E-state index contributed by atoms with van der Waals surface area (Å²) >= 11 is 0. The second-order valence-electron chi connectivity index (χ2n) is 17.8. The standard InChI is InChI=1S/C50H59N11O11/c1-58-29-31(57-48(66)39-19-30(28-59(39)2)56-45(63)12-8-18-72-43-24-37-35(22-41(43)70-4)50(68)61-16-6-10-33(61)26-54-37)20-38(58)47(65)55-27-46(64)52-14-13-51-44(62)11-7-17-71-42-23-36-34(21-40(42)69-3)49(67)60-15-5-9-32(60)25-53-36/h19-26,28-29,32-33H,5-18,27H2,1-4H3,(H,51,62)(H,52,64)(H,55,65)(H,56,63)(H,57,66)/t32-,33-/m1/s1. The van der Waals surface area contributed by atoms with Gasteiger partial charge in [0.25, 0.3) is 23.6 Å². The number of aryl methyl sites for hydroxylation is 2. The van der Waals surface area contributed by atoms with E-state index in [1.807, 2.05) is 9.80 Å². The Morgan fingerprint density at radius 2 is 1.08 bits per heavy atom. The molecule has 380 valence electrons. The van der Waals surface area contributed by atoms with E-state index in [0.29, 0.717) is 82.8 Å². The summed E-state index contributed by atoms with van der Waals surface area (Å²) in [6, 6.07) is 9.63. The van der Waals surface area contributed by atoms with Crippen molar-refractivity contribution in [1.82, 2.24) is 34.9 Å². The molecular formula is C50H59N11O11. The van der Waals surface area contributed by atoms with Crippen molar-refractivity contribution in [3.63, 3.8) is 0 Å². The Labute approximate surface area is 415 Å². The first-order chi connectivity index (χ1) is 34.8. The molecular weight excluding hydrogens is 931 g/mol. The third-order valence-corrected chi connectivity index (χ3v) is 12.7. The first-order valence-electron chi connectivity index (χ1n) is 24.0. The van der Waals surface area contributed by atoms with Crippen LogP contribution in [0.4, 0.5) is 22.7 Å². The van der Waals surface area contributed by atoms with Crippen molar-refractivity contribution in [2.45, 2.75) is 63.5 Å². The Kier molecular flexibility index (Phi) is 15.8. The Morgan fingerprint density at radius 1 is 0.597 bits per heavy atom. The van der Waals surface area contributed by atoms with Gasteiger partial charge in [0.05, 0.1) is 79.9 Å². The number of methoxy groups -OCH3 is 2. The first kappa shape index (κ1) is 50.2. The number of aliphatic imine (C=N–C) groups is 2. The van der Waals surface area contributed by atoms with Crippen LogP contribution in [-0.2, 0) is 28.5 Å². The number of aromatic nitrogens is 2. The summed E-state index contributed by atoms with van der Waals surface area (Å²) < 4.78 is 25.9. The van der Waals surface area contributed by atoms with Gasteiger partial charge >= 0.3 is 0 Å².